The van der Waals surface area contributed by atoms with Crippen molar-refractivity contribution in [2.75, 3.05) is 13.2 Å². The third-order valence-electron chi connectivity index (χ3n) is 4.73. The Labute approximate surface area is 219 Å². The highest BCUT2D eigenvalue weighted by Crippen LogP contribution is 2.29. The van der Waals surface area contributed by atoms with E-state index in [-0.39, 0.29) is 36.8 Å². The van der Waals surface area contributed by atoms with E-state index in [1.165, 1.54) is 37.3 Å². The average molecular weight is 540 g/mol. The van der Waals surface area contributed by atoms with Crippen LogP contribution in [-0.4, -0.2) is 36.2 Å². The molecule has 3 rings (SSSR count). The molecule has 0 aliphatic heterocycles. The first-order valence-electron chi connectivity index (χ1n) is 11.1. The van der Waals surface area contributed by atoms with Gasteiger partial charge in [-0.3, -0.25) is 4.79 Å². The Morgan fingerprint density at radius 3 is 2.22 bits per heavy atom. The number of esters is 2. The van der Waals surface area contributed by atoms with Gasteiger partial charge in [0.25, 0.3) is 0 Å². The van der Waals surface area contributed by atoms with Gasteiger partial charge in [0.2, 0.25) is 0 Å². The van der Waals surface area contributed by atoms with Crippen LogP contribution in [0, 0.1) is 0 Å². The number of hydrogen-bond acceptors (Lipinski definition) is 6. The second-order valence-electron chi connectivity index (χ2n) is 7.85. The largest absolute Gasteiger partial charge is 0.508 e. The van der Waals surface area contributed by atoms with E-state index in [1.54, 1.807) is 30.3 Å². The molecule has 10 heteroatoms. The summed E-state index contributed by atoms with van der Waals surface area (Å²) in [6, 6.07) is 19.9. The predicted octanol–water partition coefficient (Wildman–Crippen LogP) is 5.82. The van der Waals surface area contributed by atoms with Gasteiger partial charge in [-0.1, -0.05) is 36.4 Å². The summed E-state index contributed by atoms with van der Waals surface area (Å²) in [4.78, 5) is 22.2. The van der Waals surface area contributed by atoms with Crippen LogP contribution in [0.5, 0.6) is 11.5 Å². The lowest BCUT2D eigenvalue weighted by molar-refractivity contribution is -0.137. The Bertz CT molecular complexity index is 1110. The second kappa shape index (κ2) is 15.5. The molecule has 1 atom stereocenters. The van der Waals surface area contributed by atoms with Crippen molar-refractivity contribution >= 4 is 24.3 Å². The first-order chi connectivity index (χ1) is 17.0. The molecule has 0 bridgehead atoms. The summed E-state index contributed by atoms with van der Waals surface area (Å²) >= 11 is 0. The van der Waals surface area contributed by atoms with Gasteiger partial charge in [0.1, 0.15) is 18.1 Å². The highest BCUT2D eigenvalue weighted by atomic mass is 35.5. The van der Waals surface area contributed by atoms with Crippen LogP contribution in [0.2, 0.25) is 0 Å². The first-order valence-corrected chi connectivity index (χ1v) is 11.1. The summed E-state index contributed by atoms with van der Waals surface area (Å²) in [7, 11) is 0. The van der Waals surface area contributed by atoms with E-state index in [1.807, 2.05) is 13.0 Å². The molecule has 200 valence electrons. The number of ether oxygens (including phenoxy) is 2. The normalized spacial score (nSPS) is 11.3. The van der Waals surface area contributed by atoms with Crippen molar-refractivity contribution in [3.8, 4) is 11.5 Å². The molecule has 0 aliphatic carbocycles. The molecule has 0 aliphatic rings. The quantitative estimate of drug-likeness (QED) is 0.213. The SMILES string of the molecule is CC(=O)Oc1ccc(O)cc1.CC(Cc1cccc(C(F)(F)F)c1)NCCOC(=O)c1ccccc1.Cl. The van der Waals surface area contributed by atoms with E-state index in [0.29, 0.717) is 29.8 Å². The fourth-order valence-corrected chi connectivity index (χ4v) is 3.09. The topological polar surface area (TPSA) is 84.9 Å². The monoisotopic (exact) mass is 539 g/mol. The van der Waals surface area contributed by atoms with E-state index in [4.69, 9.17) is 14.6 Å². The minimum Gasteiger partial charge on any atom is -0.508 e. The van der Waals surface area contributed by atoms with E-state index >= 15 is 0 Å². The molecule has 0 fully saturated rings. The van der Waals surface area contributed by atoms with E-state index in [2.05, 4.69) is 5.32 Å². The summed E-state index contributed by atoms with van der Waals surface area (Å²) in [6.07, 6.45) is -3.88. The number of nitrogens with one attached hydrogen (secondary N) is 1. The Kier molecular flexibility index (Phi) is 13.2. The van der Waals surface area contributed by atoms with E-state index in [9.17, 15) is 22.8 Å². The summed E-state index contributed by atoms with van der Waals surface area (Å²) < 4.78 is 48.0. The van der Waals surface area contributed by atoms with Gasteiger partial charge in [-0.2, -0.15) is 13.2 Å². The van der Waals surface area contributed by atoms with E-state index < -0.39 is 17.7 Å². The number of carbonyl (C=O) groups excluding carboxylic acids is 2. The van der Waals surface area contributed by atoms with Crippen molar-refractivity contribution in [2.45, 2.75) is 32.5 Å². The maximum Gasteiger partial charge on any atom is 0.416 e. The lowest BCUT2D eigenvalue weighted by atomic mass is 10.0. The number of benzene rings is 3. The third-order valence-corrected chi connectivity index (χ3v) is 4.73. The van der Waals surface area contributed by atoms with E-state index in [0.717, 1.165) is 12.1 Å². The molecule has 0 radical (unpaired) electrons. The molecule has 3 aromatic rings. The van der Waals surface area contributed by atoms with Gasteiger partial charge in [0.05, 0.1) is 11.1 Å². The fraction of sp³-hybridized carbons (Fsp3) is 0.259. The zero-order chi connectivity index (χ0) is 26.6. The smallest absolute Gasteiger partial charge is 0.416 e. The Balaban J connectivity index is 0.000000479. The fourth-order valence-electron chi connectivity index (χ4n) is 3.09. The molecule has 0 amide bonds. The molecule has 3 aromatic carbocycles. The minimum absolute atomic E-state index is 0. The first kappa shape index (κ1) is 31.5. The summed E-state index contributed by atoms with van der Waals surface area (Å²) in [5, 5.41) is 12.0. The zero-order valence-electron chi connectivity index (χ0n) is 20.3. The van der Waals surface area contributed by atoms with Crippen molar-refractivity contribution in [1.82, 2.24) is 5.32 Å². The summed E-state index contributed by atoms with van der Waals surface area (Å²) in [5.41, 5.74) is 0.449. The number of alkyl halides is 3. The van der Waals surface area contributed by atoms with Gasteiger partial charge in [0, 0.05) is 19.5 Å². The molecule has 0 aromatic heterocycles. The molecule has 2 N–H and O–H groups in total. The number of phenolic OH excluding ortho intramolecular Hbond substituents is 1. The molecule has 0 heterocycles. The minimum atomic E-state index is -4.34. The number of carbonyl (C=O) groups is 2. The number of halogens is 4. The summed E-state index contributed by atoms with van der Waals surface area (Å²) in [5.74, 6) is -0.167. The Morgan fingerprint density at radius 1 is 0.973 bits per heavy atom. The van der Waals surface area contributed by atoms with Crippen molar-refractivity contribution < 1.29 is 37.3 Å². The van der Waals surface area contributed by atoms with Crippen molar-refractivity contribution in [1.29, 1.82) is 0 Å². The lowest BCUT2D eigenvalue weighted by Crippen LogP contribution is -2.31. The van der Waals surface area contributed by atoms with Gasteiger partial charge in [0.15, 0.2) is 0 Å². The maximum atomic E-state index is 12.7. The standard InChI is InChI=1S/C19H20F3NO2.C8H8O3.ClH/c1-14(12-15-6-5-9-17(13-15)19(20,21)22)23-10-11-25-18(24)16-7-3-2-4-8-16;1-6(9)11-8-4-2-7(10)3-5-8;/h2-9,13-14,23H,10-12H2,1H3;2-5,10H,1H3;1H. The average Bonchev–Trinajstić information content (AvgIpc) is 2.83. The van der Waals surface area contributed by atoms with Crippen molar-refractivity contribution in [2.24, 2.45) is 0 Å². The predicted molar refractivity (Wildman–Crippen MR) is 136 cm³/mol. The molecule has 0 spiro atoms. The number of aromatic hydroxyl groups is 1. The highest BCUT2D eigenvalue weighted by molar-refractivity contribution is 5.89. The Hall–Kier alpha value is -3.56. The number of hydrogen-bond donors (Lipinski definition) is 2. The molecular weight excluding hydrogens is 511 g/mol. The van der Waals surface area contributed by atoms with Crippen LogP contribution < -0.4 is 10.1 Å². The van der Waals surface area contributed by atoms with Crippen molar-refractivity contribution in [3.63, 3.8) is 0 Å². The molecular formula is C27H29ClF3NO5. The maximum absolute atomic E-state index is 12.7. The molecule has 37 heavy (non-hydrogen) atoms. The summed E-state index contributed by atoms with van der Waals surface area (Å²) in [6.45, 7) is 3.82. The number of phenols is 1. The van der Waals surface area contributed by atoms with Crippen LogP contribution in [0.15, 0.2) is 78.9 Å². The third kappa shape index (κ3) is 12.3. The van der Waals surface area contributed by atoms with Crippen LogP contribution in [0.1, 0.15) is 35.3 Å². The lowest BCUT2D eigenvalue weighted by Gasteiger charge is -2.15. The second-order valence-corrected chi connectivity index (χ2v) is 7.85. The van der Waals surface area contributed by atoms with Gasteiger partial charge in [-0.15, -0.1) is 12.4 Å². The van der Waals surface area contributed by atoms with Crippen LogP contribution in [0.3, 0.4) is 0 Å². The Morgan fingerprint density at radius 2 is 1.62 bits per heavy atom. The highest BCUT2D eigenvalue weighted by Gasteiger charge is 2.30. The molecule has 6 nitrogen and oxygen atoms in total. The van der Waals surface area contributed by atoms with Crippen molar-refractivity contribution in [3.05, 3.63) is 95.6 Å². The molecule has 0 saturated carbocycles. The molecule has 0 saturated heterocycles. The van der Waals surface area contributed by atoms with Crippen LogP contribution in [-0.2, 0) is 22.1 Å². The van der Waals surface area contributed by atoms with Gasteiger partial charge >= 0.3 is 18.1 Å². The van der Waals surface area contributed by atoms with Crippen LogP contribution in [0.25, 0.3) is 0 Å². The zero-order valence-corrected chi connectivity index (χ0v) is 21.1. The molecule has 1 unspecified atom stereocenters. The van der Waals surface area contributed by atoms with Gasteiger partial charge < -0.3 is 19.9 Å². The van der Waals surface area contributed by atoms with Crippen LogP contribution in [0.4, 0.5) is 13.2 Å². The van der Waals surface area contributed by atoms with Gasteiger partial charge in [-0.25, -0.2) is 4.79 Å². The van der Waals surface area contributed by atoms with Crippen LogP contribution >= 0.6 is 12.4 Å². The number of rotatable bonds is 8. The van der Waals surface area contributed by atoms with Gasteiger partial charge in [-0.05, 0) is 61.4 Å².